The van der Waals surface area contributed by atoms with Gasteiger partial charge in [0.1, 0.15) is 0 Å². The van der Waals surface area contributed by atoms with Crippen LogP contribution in [0.15, 0.2) is 36.4 Å². The SMILES string of the molecule is CCCCN(CC(=O)c1cc(C(N)=O)c(C)n1CCc1ccccc1)C(=O)CC1CCCCC1. The average Bonchev–Trinajstić information content (AvgIpc) is 3.18. The van der Waals surface area contributed by atoms with Gasteiger partial charge in [-0.15, -0.1) is 0 Å². The van der Waals surface area contributed by atoms with E-state index in [0.29, 0.717) is 42.4 Å². The number of aromatic nitrogens is 1. The van der Waals surface area contributed by atoms with Crippen LogP contribution in [0, 0.1) is 12.8 Å². The molecule has 0 aliphatic heterocycles. The molecule has 0 radical (unpaired) electrons. The van der Waals surface area contributed by atoms with Crippen LogP contribution in [0.3, 0.4) is 0 Å². The van der Waals surface area contributed by atoms with E-state index in [0.717, 1.165) is 37.7 Å². The molecule has 1 heterocycles. The molecule has 34 heavy (non-hydrogen) atoms. The van der Waals surface area contributed by atoms with Crippen LogP contribution in [0.2, 0.25) is 0 Å². The van der Waals surface area contributed by atoms with Crippen molar-refractivity contribution in [2.45, 2.75) is 78.2 Å². The zero-order valence-electron chi connectivity index (χ0n) is 20.7. The number of unbranched alkanes of at least 4 members (excludes halogenated alkanes) is 1. The fraction of sp³-hybridized carbons (Fsp3) is 0.536. The van der Waals surface area contributed by atoms with E-state index in [4.69, 9.17) is 5.73 Å². The molecule has 0 saturated heterocycles. The first-order valence-corrected chi connectivity index (χ1v) is 12.8. The van der Waals surface area contributed by atoms with Gasteiger partial charge in [-0.3, -0.25) is 14.4 Å². The van der Waals surface area contributed by atoms with Gasteiger partial charge in [0.2, 0.25) is 5.91 Å². The van der Waals surface area contributed by atoms with Gasteiger partial charge in [-0.1, -0.05) is 62.9 Å². The van der Waals surface area contributed by atoms with Crippen LogP contribution < -0.4 is 5.73 Å². The summed E-state index contributed by atoms with van der Waals surface area (Å²) in [5.74, 6) is -0.181. The van der Waals surface area contributed by atoms with E-state index in [1.165, 1.54) is 19.3 Å². The fourth-order valence-electron chi connectivity index (χ4n) is 4.96. The van der Waals surface area contributed by atoms with Gasteiger partial charge in [0.05, 0.1) is 17.8 Å². The molecule has 1 saturated carbocycles. The van der Waals surface area contributed by atoms with Crippen molar-refractivity contribution in [3.63, 3.8) is 0 Å². The van der Waals surface area contributed by atoms with Crippen molar-refractivity contribution in [1.82, 2.24) is 9.47 Å². The smallest absolute Gasteiger partial charge is 0.250 e. The summed E-state index contributed by atoms with van der Waals surface area (Å²) in [5, 5.41) is 0. The van der Waals surface area contributed by atoms with Crippen molar-refractivity contribution in [2.75, 3.05) is 13.1 Å². The van der Waals surface area contributed by atoms with Crippen LogP contribution in [-0.4, -0.2) is 40.2 Å². The van der Waals surface area contributed by atoms with E-state index < -0.39 is 5.91 Å². The third-order valence-electron chi connectivity index (χ3n) is 7.04. The molecule has 184 valence electrons. The standard InChI is InChI=1S/C28H39N3O3/c1-3-4-16-30(27(33)18-23-13-9-6-10-14-23)20-26(32)25-19-24(28(29)34)21(2)31(25)17-15-22-11-7-5-8-12-22/h5,7-8,11-12,19,23H,3-4,6,9-10,13-18,20H2,1-2H3,(H2,29,34). The Morgan fingerprint density at radius 2 is 1.79 bits per heavy atom. The molecule has 3 rings (SSSR count). The van der Waals surface area contributed by atoms with Gasteiger partial charge in [0, 0.05) is 25.2 Å². The van der Waals surface area contributed by atoms with Crippen molar-refractivity contribution in [3.05, 3.63) is 58.9 Å². The molecule has 1 aromatic heterocycles. The number of primary amides is 1. The summed E-state index contributed by atoms with van der Waals surface area (Å²) in [6, 6.07) is 11.6. The summed E-state index contributed by atoms with van der Waals surface area (Å²) in [6.45, 7) is 5.10. The monoisotopic (exact) mass is 465 g/mol. The molecule has 0 unspecified atom stereocenters. The number of amides is 2. The molecule has 1 aliphatic rings. The highest BCUT2D eigenvalue weighted by atomic mass is 16.2. The second-order valence-corrected chi connectivity index (χ2v) is 9.58. The second kappa shape index (κ2) is 12.5. The number of rotatable bonds is 12. The van der Waals surface area contributed by atoms with E-state index in [1.807, 2.05) is 41.8 Å². The highest BCUT2D eigenvalue weighted by molar-refractivity contribution is 6.02. The van der Waals surface area contributed by atoms with Crippen molar-refractivity contribution < 1.29 is 14.4 Å². The van der Waals surface area contributed by atoms with E-state index >= 15 is 0 Å². The van der Waals surface area contributed by atoms with Gasteiger partial charge in [0.25, 0.3) is 5.91 Å². The van der Waals surface area contributed by atoms with E-state index in [2.05, 4.69) is 6.92 Å². The molecule has 0 atom stereocenters. The largest absolute Gasteiger partial charge is 0.366 e. The Balaban J connectivity index is 1.78. The Bertz CT molecular complexity index is 974. The van der Waals surface area contributed by atoms with Gasteiger partial charge in [0.15, 0.2) is 5.78 Å². The lowest BCUT2D eigenvalue weighted by molar-refractivity contribution is -0.132. The number of hydrogen-bond donors (Lipinski definition) is 1. The Kier molecular flexibility index (Phi) is 9.49. The lowest BCUT2D eigenvalue weighted by Crippen LogP contribution is -2.38. The molecular weight excluding hydrogens is 426 g/mol. The zero-order valence-corrected chi connectivity index (χ0v) is 20.7. The van der Waals surface area contributed by atoms with E-state index in [1.54, 1.807) is 11.0 Å². The Hall–Kier alpha value is -2.89. The maximum Gasteiger partial charge on any atom is 0.250 e. The number of benzene rings is 1. The number of aryl methyl sites for hydroxylation is 1. The van der Waals surface area contributed by atoms with Crippen molar-refractivity contribution in [1.29, 1.82) is 0 Å². The number of nitrogens with two attached hydrogens (primary N) is 1. The summed E-state index contributed by atoms with van der Waals surface area (Å²) >= 11 is 0. The minimum Gasteiger partial charge on any atom is -0.366 e. The lowest BCUT2D eigenvalue weighted by atomic mass is 9.86. The molecule has 0 bridgehead atoms. The minimum atomic E-state index is -0.541. The first kappa shape index (κ1) is 25.7. The van der Waals surface area contributed by atoms with Crippen LogP contribution in [-0.2, 0) is 17.8 Å². The summed E-state index contributed by atoms with van der Waals surface area (Å²) in [5.41, 5.74) is 8.26. The Morgan fingerprint density at radius 1 is 1.09 bits per heavy atom. The van der Waals surface area contributed by atoms with Crippen LogP contribution in [0.1, 0.15) is 90.4 Å². The van der Waals surface area contributed by atoms with Gasteiger partial charge in [-0.05, 0) is 50.2 Å². The molecular formula is C28H39N3O3. The van der Waals surface area contributed by atoms with Crippen LogP contribution in [0.25, 0.3) is 0 Å². The molecule has 2 amide bonds. The molecule has 1 aliphatic carbocycles. The summed E-state index contributed by atoms with van der Waals surface area (Å²) < 4.78 is 1.89. The third kappa shape index (κ3) is 6.81. The number of carbonyl (C=O) groups is 3. The van der Waals surface area contributed by atoms with Crippen LogP contribution >= 0.6 is 0 Å². The molecule has 6 nitrogen and oxygen atoms in total. The predicted octanol–water partition coefficient (Wildman–Crippen LogP) is 4.92. The minimum absolute atomic E-state index is 0.0402. The maximum atomic E-state index is 13.5. The summed E-state index contributed by atoms with van der Waals surface area (Å²) in [6.07, 6.45) is 8.92. The number of hydrogen-bond acceptors (Lipinski definition) is 3. The van der Waals surface area contributed by atoms with Crippen molar-refractivity contribution >= 4 is 17.6 Å². The molecule has 1 aromatic carbocycles. The molecule has 0 spiro atoms. The first-order chi connectivity index (χ1) is 16.4. The zero-order chi connectivity index (χ0) is 24.5. The van der Waals surface area contributed by atoms with Crippen molar-refractivity contribution in [2.24, 2.45) is 11.7 Å². The van der Waals surface area contributed by atoms with Gasteiger partial charge >= 0.3 is 0 Å². The van der Waals surface area contributed by atoms with Gasteiger partial charge in [-0.25, -0.2) is 0 Å². The van der Waals surface area contributed by atoms with E-state index in [9.17, 15) is 14.4 Å². The molecule has 6 heteroatoms. The molecule has 2 aromatic rings. The highest BCUT2D eigenvalue weighted by Crippen LogP contribution is 2.27. The maximum absolute atomic E-state index is 13.5. The highest BCUT2D eigenvalue weighted by Gasteiger charge is 2.26. The summed E-state index contributed by atoms with van der Waals surface area (Å²) in [7, 11) is 0. The van der Waals surface area contributed by atoms with Crippen molar-refractivity contribution in [3.8, 4) is 0 Å². The fourth-order valence-corrected chi connectivity index (χ4v) is 4.96. The number of Topliss-reactive ketones (excluding diaryl/α,β-unsaturated/α-hetero) is 1. The third-order valence-corrected chi connectivity index (χ3v) is 7.04. The Labute approximate surface area is 203 Å². The van der Waals surface area contributed by atoms with Crippen LogP contribution in [0.4, 0.5) is 0 Å². The number of ketones is 1. The predicted molar refractivity (Wildman–Crippen MR) is 135 cm³/mol. The topological polar surface area (TPSA) is 85.4 Å². The average molecular weight is 466 g/mol. The summed E-state index contributed by atoms with van der Waals surface area (Å²) in [4.78, 5) is 40.4. The van der Waals surface area contributed by atoms with Gasteiger partial charge < -0.3 is 15.2 Å². The second-order valence-electron chi connectivity index (χ2n) is 9.58. The quantitative estimate of drug-likeness (QED) is 0.452. The Morgan fingerprint density at radius 3 is 2.44 bits per heavy atom. The normalized spacial score (nSPS) is 14.2. The van der Waals surface area contributed by atoms with E-state index in [-0.39, 0.29) is 18.2 Å². The number of nitrogens with zero attached hydrogens (tertiary/aromatic N) is 2. The first-order valence-electron chi connectivity index (χ1n) is 12.8. The molecule has 1 fully saturated rings. The van der Waals surface area contributed by atoms with Crippen LogP contribution in [0.5, 0.6) is 0 Å². The lowest BCUT2D eigenvalue weighted by Gasteiger charge is -2.26. The molecule has 2 N–H and O–H groups in total. The van der Waals surface area contributed by atoms with Gasteiger partial charge in [-0.2, -0.15) is 0 Å². The number of carbonyl (C=O) groups excluding carboxylic acids is 3.